The molecule has 0 fully saturated rings. The fraction of sp³-hybridized carbons (Fsp3) is 1.00. The molecule has 0 aliphatic carbocycles. The van der Waals surface area contributed by atoms with E-state index in [4.69, 9.17) is 4.74 Å². The van der Waals surface area contributed by atoms with Crippen molar-refractivity contribution in [2.45, 2.75) is 38.8 Å². The largest absolute Gasteiger partial charge is 0.371 e. The molecule has 0 amide bonds. The van der Waals surface area contributed by atoms with E-state index in [0.717, 1.165) is 6.42 Å². The number of hydrogen-bond acceptors (Lipinski definition) is 2. The van der Waals surface area contributed by atoms with Crippen LogP contribution in [-0.4, -0.2) is 32.2 Å². The molecule has 0 saturated heterocycles. The third-order valence-electron chi connectivity index (χ3n) is 1.86. The molecule has 2 unspecified atom stereocenters. The van der Waals surface area contributed by atoms with Gasteiger partial charge in [0.25, 0.3) is 6.43 Å². The zero-order chi connectivity index (χ0) is 9.56. The molecule has 2 nitrogen and oxygen atoms in total. The van der Waals surface area contributed by atoms with Crippen LogP contribution in [0.5, 0.6) is 0 Å². The monoisotopic (exact) mass is 181 g/mol. The van der Waals surface area contributed by atoms with Crippen LogP contribution in [0, 0.1) is 0 Å². The number of halogens is 2. The molecule has 0 bridgehead atoms. The fourth-order valence-electron chi connectivity index (χ4n) is 1.11. The molecule has 0 aromatic heterocycles. The molecule has 12 heavy (non-hydrogen) atoms. The van der Waals surface area contributed by atoms with Gasteiger partial charge in [-0.2, -0.15) is 0 Å². The summed E-state index contributed by atoms with van der Waals surface area (Å²) in [4.78, 5) is 0. The van der Waals surface area contributed by atoms with Crippen molar-refractivity contribution in [1.29, 1.82) is 0 Å². The van der Waals surface area contributed by atoms with Crippen molar-refractivity contribution in [2.75, 3.05) is 13.7 Å². The zero-order valence-electron chi connectivity index (χ0n) is 7.81. The van der Waals surface area contributed by atoms with Crippen molar-refractivity contribution in [2.24, 2.45) is 0 Å². The highest BCUT2D eigenvalue weighted by atomic mass is 19.3. The Morgan fingerprint density at radius 3 is 2.33 bits per heavy atom. The SMILES string of the molecule is CCC(NC)C(C)OCC(F)F. The summed E-state index contributed by atoms with van der Waals surface area (Å²) in [7, 11) is 1.80. The van der Waals surface area contributed by atoms with E-state index >= 15 is 0 Å². The van der Waals surface area contributed by atoms with E-state index in [9.17, 15) is 8.78 Å². The molecule has 0 aliphatic heterocycles. The van der Waals surface area contributed by atoms with Crippen LogP contribution >= 0.6 is 0 Å². The van der Waals surface area contributed by atoms with Crippen LogP contribution in [0.2, 0.25) is 0 Å². The predicted molar refractivity (Wildman–Crippen MR) is 44.6 cm³/mol. The van der Waals surface area contributed by atoms with Crippen LogP contribution in [-0.2, 0) is 4.74 Å². The lowest BCUT2D eigenvalue weighted by Gasteiger charge is -2.22. The molecule has 0 aromatic carbocycles. The van der Waals surface area contributed by atoms with E-state index in [1.807, 2.05) is 6.92 Å². The minimum Gasteiger partial charge on any atom is -0.371 e. The van der Waals surface area contributed by atoms with Gasteiger partial charge in [-0.1, -0.05) is 6.92 Å². The maximum Gasteiger partial charge on any atom is 0.261 e. The van der Waals surface area contributed by atoms with Crippen LogP contribution in [0.4, 0.5) is 8.78 Å². The third kappa shape index (κ3) is 4.62. The topological polar surface area (TPSA) is 21.3 Å². The Balaban J connectivity index is 3.61. The second-order valence-corrected chi connectivity index (χ2v) is 2.73. The summed E-state index contributed by atoms with van der Waals surface area (Å²) in [6.07, 6.45) is -1.66. The molecule has 0 saturated carbocycles. The van der Waals surface area contributed by atoms with Gasteiger partial charge in [0.05, 0.1) is 6.10 Å². The smallest absolute Gasteiger partial charge is 0.261 e. The van der Waals surface area contributed by atoms with E-state index < -0.39 is 13.0 Å². The molecule has 0 heterocycles. The lowest BCUT2D eigenvalue weighted by Crippen LogP contribution is -2.37. The quantitative estimate of drug-likeness (QED) is 0.672. The summed E-state index contributed by atoms with van der Waals surface area (Å²) in [5.41, 5.74) is 0. The minimum absolute atomic E-state index is 0.156. The molecular weight excluding hydrogens is 164 g/mol. The van der Waals surface area contributed by atoms with Crippen LogP contribution in [0.1, 0.15) is 20.3 Å². The van der Waals surface area contributed by atoms with Crippen molar-refractivity contribution in [1.82, 2.24) is 5.32 Å². The van der Waals surface area contributed by atoms with E-state index in [1.165, 1.54) is 0 Å². The van der Waals surface area contributed by atoms with Gasteiger partial charge in [-0.3, -0.25) is 0 Å². The molecule has 2 atom stereocenters. The number of rotatable bonds is 6. The van der Waals surface area contributed by atoms with Gasteiger partial charge in [0, 0.05) is 6.04 Å². The van der Waals surface area contributed by atoms with Gasteiger partial charge >= 0.3 is 0 Å². The number of likely N-dealkylation sites (N-methyl/N-ethyl adjacent to an activating group) is 1. The lowest BCUT2D eigenvalue weighted by molar-refractivity contribution is -0.0299. The number of alkyl halides is 2. The molecule has 74 valence electrons. The fourth-order valence-corrected chi connectivity index (χ4v) is 1.11. The lowest BCUT2D eigenvalue weighted by atomic mass is 10.1. The van der Waals surface area contributed by atoms with Crippen molar-refractivity contribution < 1.29 is 13.5 Å². The highest BCUT2D eigenvalue weighted by molar-refractivity contribution is 4.69. The maximum atomic E-state index is 11.7. The first-order valence-electron chi connectivity index (χ1n) is 4.18. The third-order valence-corrected chi connectivity index (χ3v) is 1.86. The Hall–Kier alpha value is -0.220. The highest BCUT2D eigenvalue weighted by Crippen LogP contribution is 2.04. The Bertz CT molecular complexity index is 107. The van der Waals surface area contributed by atoms with Crippen molar-refractivity contribution in [3.8, 4) is 0 Å². The highest BCUT2D eigenvalue weighted by Gasteiger charge is 2.15. The number of hydrogen-bond donors (Lipinski definition) is 1. The van der Waals surface area contributed by atoms with Crippen LogP contribution in [0.3, 0.4) is 0 Å². The van der Waals surface area contributed by atoms with Gasteiger partial charge in [0.2, 0.25) is 0 Å². The molecule has 0 aromatic rings. The van der Waals surface area contributed by atoms with Crippen molar-refractivity contribution in [3.63, 3.8) is 0 Å². The molecule has 0 spiro atoms. The molecular formula is C8H17F2NO. The van der Waals surface area contributed by atoms with E-state index in [-0.39, 0.29) is 12.1 Å². The predicted octanol–water partition coefficient (Wildman–Crippen LogP) is 1.65. The minimum atomic E-state index is -2.37. The van der Waals surface area contributed by atoms with Crippen molar-refractivity contribution >= 4 is 0 Å². The van der Waals surface area contributed by atoms with E-state index in [1.54, 1.807) is 14.0 Å². The maximum absolute atomic E-state index is 11.7. The van der Waals surface area contributed by atoms with Crippen LogP contribution in [0.25, 0.3) is 0 Å². The first-order chi connectivity index (χ1) is 5.61. The first-order valence-corrected chi connectivity index (χ1v) is 4.18. The van der Waals surface area contributed by atoms with Crippen molar-refractivity contribution in [3.05, 3.63) is 0 Å². The number of nitrogens with one attached hydrogen (secondary N) is 1. The summed E-state index contributed by atoms with van der Waals surface area (Å²) in [5.74, 6) is 0. The van der Waals surface area contributed by atoms with E-state index in [2.05, 4.69) is 5.32 Å². The molecule has 1 N–H and O–H groups in total. The van der Waals surface area contributed by atoms with Gasteiger partial charge in [-0.25, -0.2) is 8.78 Å². The summed E-state index contributed by atoms with van der Waals surface area (Å²) in [6.45, 7) is 3.32. The molecule has 4 heteroatoms. The summed E-state index contributed by atoms with van der Waals surface area (Å²) in [5, 5.41) is 3.01. The Labute approximate surface area is 72.3 Å². The second kappa shape index (κ2) is 6.31. The standard InChI is InChI=1S/C8H17F2NO/c1-4-7(11-3)6(2)12-5-8(9)10/h6-8,11H,4-5H2,1-3H3. The van der Waals surface area contributed by atoms with Gasteiger partial charge in [0.15, 0.2) is 0 Å². The second-order valence-electron chi connectivity index (χ2n) is 2.73. The van der Waals surface area contributed by atoms with Gasteiger partial charge in [-0.15, -0.1) is 0 Å². The average Bonchev–Trinajstić information content (AvgIpc) is 2.03. The Morgan fingerprint density at radius 1 is 1.42 bits per heavy atom. The molecule has 0 rings (SSSR count). The summed E-state index contributed by atoms with van der Waals surface area (Å²) < 4.78 is 28.4. The van der Waals surface area contributed by atoms with Crippen LogP contribution < -0.4 is 5.32 Å². The zero-order valence-corrected chi connectivity index (χ0v) is 7.81. The van der Waals surface area contributed by atoms with Gasteiger partial charge in [0.1, 0.15) is 6.61 Å². The van der Waals surface area contributed by atoms with Gasteiger partial charge in [-0.05, 0) is 20.4 Å². The Morgan fingerprint density at radius 2 is 2.00 bits per heavy atom. The average molecular weight is 181 g/mol. The van der Waals surface area contributed by atoms with Gasteiger partial charge < -0.3 is 10.1 Å². The summed E-state index contributed by atoms with van der Waals surface area (Å²) >= 11 is 0. The number of ether oxygens (including phenoxy) is 1. The molecule has 0 radical (unpaired) electrons. The molecule has 0 aliphatic rings. The normalized spacial score (nSPS) is 16.5. The first kappa shape index (κ1) is 11.8. The Kier molecular flexibility index (Phi) is 6.20. The van der Waals surface area contributed by atoms with E-state index in [0.29, 0.717) is 0 Å². The summed E-state index contributed by atoms with van der Waals surface area (Å²) in [6, 6.07) is 0.156. The van der Waals surface area contributed by atoms with Crippen LogP contribution in [0.15, 0.2) is 0 Å².